The molecule has 3 rings (SSSR count). The van der Waals surface area contributed by atoms with Crippen molar-refractivity contribution in [3.63, 3.8) is 0 Å². The van der Waals surface area contributed by atoms with Crippen LogP contribution in [0.1, 0.15) is 21.5 Å². The average molecular weight is 398 g/mol. The summed E-state index contributed by atoms with van der Waals surface area (Å²) < 4.78 is 28.1. The molecule has 1 aromatic heterocycles. The Labute approximate surface area is 165 Å². The molecule has 0 saturated carbocycles. The van der Waals surface area contributed by atoms with E-state index in [1.54, 1.807) is 25.1 Å². The third-order valence-corrected chi connectivity index (χ3v) is 6.52. The number of aromatic nitrogens is 1. The smallest absolute Gasteiger partial charge is 0.255 e. The molecule has 146 valence electrons. The number of carbonyl (C=O) groups is 1. The maximum Gasteiger partial charge on any atom is 0.255 e. The second-order valence-corrected chi connectivity index (χ2v) is 8.93. The zero-order valence-corrected chi connectivity index (χ0v) is 17.1. The summed E-state index contributed by atoms with van der Waals surface area (Å²) in [4.78, 5) is 12.9. The first-order chi connectivity index (χ1) is 13.2. The van der Waals surface area contributed by atoms with Crippen molar-refractivity contribution in [1.82, 2.24) is 8.87 Å². The predicted octanol–water partition coefficient (Wildman–Crippen LogP) is 3.60. The van der Waals surface area contributed by atoms with E-state index in [2.05, 4.69) is 5.32 Å². The molecule has 0 fully saturated rings. The average Bonchev–Trinajstić information content (AvgIpc) is 3.17. The van der Waals surface area contributed by atoms with Crippen LogP contribution in [0.5, 0.6) is 0 Å². The molecule has 0 aliphatic heterocycles. The summed E-state index contributed by atoms with van der Waals surface area (Å²) in [6, 6.07) is 14.2. The molecule has 0 bridgehead atoms. The molecule has 0 aliphatic carbocycles. The van der Waals surface area contributed by atoms with E-state index in [0.29, 0.717) is 16.8 Å². The molecule has 3 aromatic rings. The van der Waals surface area contributed by atoms with Gasteiger partial charge in [0.25, 0.3) is 5.91 Å². The Morgan fingerprint density at radius 1 is 0.964 bits per heavy atom. The fourth-order valence-corrected chi connectivity index (χ4v) is 4.02. The normalized spacial score (nSPS) is 11.6. The van der Waals surface area contributed by atoms with Crippen LogP contribution < -0.4 is 5.32 Å². The van der Waals surface area contributed by atoms with E-state index in [1.165, 1.54) is 20.2 Å². The molecule has 1 heterocycles. The van der Waals surface area contributed by atoms with E-state index in [-0.39, 0.29) is 10.8 Å². The van der Waals surface area contributed by atoms with Crippen molar-refractivity contribution in [2.45, 2.75) is 18.7 Å². The Morgan fingerprint density at radius 2 is 1.61 bits per heavy atom. The van der Waals surface area contributed by atoms with Gasteiger partial charge >= 0.3 is 0 Å². The molecule has 2 aromatic carbocycles. The Hall–Kier alpha value is -2.90. The SMILES string of the molecule is Cc1ccc(C(=O)Nc2ccc(C)c(S(=O)(=O)N(C)C)c2)cc1-n1cccc1. The minimum absolute atomic E-state index is 0.173. The molecule has 1 N–H and O–H groups in total. The molecule has 7 heteroatoms. The van der Waals surface area contributed by atoms with Gasteiger partial charge in [-0.3, -0.25) is 4.79 Å². The van der Waals surface area contributed by atoms with E-state index in [4.69, 9.17) is 0 Å². The van der Waals surface area contributed by atoms with Crippen LogP contribution in [-0.2, 0) is 10.0 Å². The minimum Gasteiger partial charge on any atom is -0.324 e. The van der Waals surface area contributed by atoms with Crippen molar-refractivity contribution in [1.29, 1.82) is 0 Å². The van der Waals surface area contributed by atoms with Crippen LogP contribution in [0.2, 0.25) is 0 Å². The van der Waals surface area contributed by atoms with Gasteiger partial charge in [0.05, 0.1) is 4.90 Å². The topological polar surface area (TPSA) is 71.4 Å². The van der Waals surface area contributed by atoms with E-state index >= 15 is 0 Å². The zero-order chi connectivity index (χ0) is 20.5. The fourth-order valence-electron chi connectivity index (χ4n) is 2.88. The number of amides is 1. The number of aryl methyl sites for hydroxylation is 2. The van der Waals surface area contributed by atoms with Gasteiger partial charge in [-0.15, -0.1) is 0 Å². The molecule has 28 heavy (non-hydrogen) atoms. The number of sulfonamides is 1. The lowest BCUT2D eigenvalue weighted by Crippen LogP contribution is -2.23. The minimum atomic E-state index is -3.59. The van der Waals surface area contributed by atoms with Gasteiger partial charge in [0.1, 0.15) is 0 Å². The molecule has 6 nitrogen and oxygen atoms in total. The van der Waals surface area contributed by atoms with E-state index in [9.17, 15) is 13.2 Å². The molecule has 0 atom stereocenters. The van der Waals surface area contributed by atoms with Crippen molar-refractivity contribution in [2.75, 3.05) is 19.4 Å². The Balaban J connectivity index is 1.91. The lowest BCUT2D eigenvalue weighted by Gasteiger charge is -2.15. The third-order valence-electron chi connectivity index (χ3n) is 4.56. The molecule has 0 saturated heterocycles. The van der Waals surface area contributed by atoms with Crippen molar-refractivity contribution >= 4 is 21.6 Å². The highest BCUT2D eigenvalue weighted by molar-refractivity contribution is 7.89. The molecule has 0 unspecified atom stereocenters. The Bertz CT molecular complexity index is 1120. The number of carbonyl (C=O) groups excluding carboxylic acids is 1. The lowest BCUT2D eigenvalue weighted by molar-refractivity contribution is 0.102. The van der Waals surface area contributed by atoms with Gasteiger partial charge in [0.15, 0.2) is 0 Å². The van der Waals surface area contributed by atoms with Gasteiger partial charge in [-0.05, 0) is 61.4 Å². The second-order valence-electron chi connectivity index (χ2n) is 6.81. The summed E-state index contributed by atoms with van der Waals surface area (Å²) >= 11 is 0. The summed E-state index contributed by atoms with van der Waals surface area (Å²) in [5, 5.41) is 2.80. The predicted molar refractivity (Wildman–Crippen MR) is 111 cm³/mol. The summed E-state index contributed by atoms with van der Waals surface area (Å²) in [6.45, 7) is 3.71. The van der Waals surface area contributed by atoms with E-state index in [0.717, 1.165) is 15.6 Å². The van der Waals surface area contributed by atoms with Crippen LogP contribution >= 0.6 is 0 Å². The molecular formula is C21H23N3O3S. The van der Waals surface area contributed by atoms with Crippen LogP contribution in [0.3, 0.4) is 0 Å². The fraction of sp³-hybridized carbons (Fsp3) is 0.190. The lowest BCUT2D eigenvalue weighted by atomic mass is 10.1. The van der Waals surface area contributed by atoms with Crippen molar-refractivity contribution in [3.05, 3.63) is 77.6 Å². The maximum absolute atomic E-state index is 12.7. The van der Waals surface area contributed by atoms with Crippen LogP contribution in [0.25, 0.3) is 5.69 Å². The highest BCUT2D eigenvalue weighted by Crippen LogP contribution is 2.23. The standard InChI is InChI=1S/C21H23N3O3S/c1-15-7-9-17(13-19(15)24-11-5-6-12-24)21(25)22-18-10-8-16(2)20(14-18)28(26,27)23(3)4/h5-14H,1-4H3,(H,22,25). The zero-order valence-electron chi connectivity index (χ0n) is 16.3. The number of nitrogens with one attached hydrogen (secondary N) is 1. The van der Waals surface area contributed by atoms with E-state index in [1.807, 2.05) is 48.1 Å². The highest BCUT2D eigenvalue weighted by Gasteiger charge is 2.20. The third kappa shape index (κ3) is 3.85. The Morgan fingerprint density at radius 3 is 2.25 bits per heavy atom. The first kappa shape index (κ1) is 19.9. The van der Waals surface area contributed by atoms with Gasteiger partial charge in [0.2, 0.25) is 10.0 Å². The number of rotatable bonds is 5. The molecule has 0 aliphatic rings. The number of nitrogens with zero attached hydrogens (tertiary/aromatic N) is 2. The first-order valence-corrected chi connectivity index (χ1v) is 10.2. The van der Waals surface area contributed by atoms with Crippen LogP contribution in [0.4, 0.5) is 5.69 Å². The van der Waals surface area contributed by atoms with Crippen molar-refractivity contribution in [3.8, 4) is 5.69 Å². The molecular weight excluding hydrogens is 374 g/mol. The summed E-state index contributed by atoms with van der Waals surface area (Å²) in [6.07, 6.45) is 3.84. The van der Waals surface area contributed by atoms with Crippen molar-refractivity contribution in [2.24, 2.45) is 0 Å². The first-order valence-electron chi connectivity index (χ1n) is 8.78. The number of hydrogen-bond acceptors (Lipinski definition) is 3. The Kier molecular flexibility index (Phi) is 5.40. The van der Waals surface area contributed by atoms with Crippen LogP contribution in [0, 0.1) is 13.8 Å². The van der Waals surface area contributed by atoms with Gasteiger partial charge in [-0.25, -0.2) is 12.7 Å². The van der Waals surface area contributed by atoms with Gasteiger partial charge in [0, 0.05) is 43.4 Å². The second kappa shape index (κ2) is 7.61. The maximum atomic E-state index is 12.7. The monoisotopic (exact) mass is 397 g/mol. The van der Waals surface area contributed by atoms with Gasteiger partial charge in [-0.1, -0.05) is 12.1 Å². The quantitative estimate of drug-likeness (QED) is 0.715. The summed E-state index contributed by atoms with van der Waals surface area (Å²) in [5.74, 6) is -0.300. The summed E-state index contributed by atoms with van der Waals surface area (Å²) in [7, 11) is -0.631. The molecule has 0 spiro atoms. The summed E-state index contributed by atoms with van der Waals surface area (Å²) in [5.41, 5.74) is 3.50. The number of hydrogen-bond donors (Lipinski definition) is 1. The van der Waals surface area contributed by atoms with Crippen LogP contribution in [-0.4, -0.2) is 37.3 Å². The highest BCUT2D eigenvalue weighted by atomic mass is 32.2. The van der Waals surface area contributed by atoms with Gasteiger partial charge < -0.3 is 9.88 Å². The number of benzene rings is 2. The number of anilines is 1. The van der Waals surface area contributed by atoms with E-state index < -0.39 is 10.0 Å². The largest absolute Gasteiger partial charge is 0.324 e. The van der Waals surface area contributed by atoms with Gasteiger partial charge in [-0.2, -0.15) is 0 Å². The molecule has 1 amide bonds. The molecule has 0 radical (unpaired) electrons. The van der Waals surface area contributed by atoms with Crippen molar-refractivity contribution < 1.29 is 13.2 Å². The van der Waals surface area contributed by atoms with Crippen LogP contribution in [0.15, 0.2) is 65.8 Å².